The molecule has 2 rings (SSSR count). The summed E-state index contributed by atoms with van der Waals surface area (Å²) in [6.45, 7) is 9.29. The molecule has 100 valence electrons. The molecule has 0 aliphatic rings. The van der Waals surface area contributed by atoms with Crippen molar-refractivity contribution in [2.45, 2.75) is 34.1 Å². The highest BCUT2D eigenvalue weighted by Crippen LogP contribution is 2.22. The topological polar surface area (TPSA) is 37.8 Å². The van der Waals surface area contributed by atoms with Crippen LogP contribution in [-0.2, 0) is 0 Å². The van der Waals surface area contributed by atoms with Gasteiger partial charge in [-0.05, 0) is 32.8 Å². The van der Waals surface area contributed by atoms with Crippen molar-refractivity contribution in [1.29, 1.82) is 0 Å². The van der Waals surface area contributed by atoms with Gasteiger partial charge in [-0.3, -0.25) is 0 Å². The molecule has 0 saturated heterocycles. The minimum atomic E-state index is 0.802. The third kappa shape index (κ3) is 3.31. The molecule has 0 bridgehead atoms. The van der Waals surface area contributed by atoms with Gasteiger partial charge in [-0.15, -0.1) is 0 Å². The Labute approximate surface area is 115 Å². The molecular formula is C16H21N3. The smallest absolute Gasteiger partial charge is 0.162 e. The van der Waals surface area contributed by atoms with Crippen molar-refractivity contribution in [3.05, 3.63) is 41.1 Å². The molecule has 0 atom stereocenters. The van der Waals surface area contributed by atoms with E-state index in [9.17, 15) is 0 Å². The average Bonchev–Trinajstić information content (AvgIpc) is 2.35. The van der Waals surface area contributed by atoms with Gasteiger partial charge in [0, 0.05) is 23.9 Å². The molecule has 0 radical (unpaired) electrons. The van der Waals surface area contributed by atoms with Crippen LogP contribution < -0.4 is 5.32 Å². The van der Waals surface area contributed by atoms with E-state index in [2.05, 4.69) is 54.3 Å². The van der Waals surface area contributed by atoms with Gasteiger partial charge in [0.15, 0.2) is 5.82 Å². The standard InChI is InChI=1S/C16H21N3/c1-5-8-17-15-10-13(4)18-16(19-15)14-7-6-11(2)9-12(14)3/h6-7,9-10H,5,8H2,1-4H3,(H,17,18,19). The van der Waals surface area contributed by atoms with Gasteiger partial charge in [-0.2, -0.15) is 0 Å². The van der Waals surface area contributed by atoms with Crippen LogP contribution in [0.5, 0.6) is 0 Å². The number of rotatable bonds is 4. The Hall–Kier alpha value is -1.90. The highest BCUT2D eigenvalue weighted by molar-refractivity contribution is 5.62. The van der Waals surface area contributed by atoms with Crippen LogP contribution in [0, 0.1) is 20.8 Å². The molecule has 0 aliphatic heterocycles. The number of anilines is 1. The van der Waals surface area contributed by atoms with Crippen LogP contribution in [0.3, 0.4) is 0 Å². The lowest BCUT2D eigenvalue weighted by molar-refractivity contribution is 0.962. The van der Waals surface area contributed by atoms with E-state index in [1.807, 2.05) is 13.0 Å². The summed E-state index contributed by atoms with van der Waals surface area (Å²) < 4.78 is 0. The quantitative estimate of drug-likeness (QED) is 0.900. The van der Waals surface area contributed by atoms with Crippen molar-refractivity contribution in [2.24, 2.45) is 0 Å². The lowest BCUT2D eigenvalue weighted by Crippen LogP contribution is -2.04. The zero-order valence-corrected chi connectivity index (χ0v) is 12.1. The largest absolute Gasteiger partial charge is 0.370 e. The number of aromatic nitrogens is 2. The summed E-state index contributed by atoms with van der Waals surface area (Å²) in [4.78, 5) is 9.16. The average molecular weight is 255 g/mol. The van der Waals surface area contributed by atoms with E-state index >= 15 is 0 Å². The van der Waals surface area contributed by atoms with E-state index in [-0.39, 0.29) is 0 Å². The molecule has 19 heavy (non-hydrogen) atoms. The molecule has 1 aromatic carbocycles. The molecule has 0 fully saturated rings. The fourth-order valence-electron chi connectivity index (χ4n) is 2.10. The number of aryl methyl sites for hydroxylation is 3. The second-order valence-corrected chi connectivity index (χ2v) is 4.96. The molecule has 1 aromatic heterocycles. The lowest BCUT2D eigenvalue weighted by atomic mass is 10.1. The first-order chi connectivity index (χ1) is 9.10. The summed E-state index contributed by atoms with van der Waals surface area (Å²) in [7, 11) is 0. The summed E-state index contributed by atoms with van der Waals surface area (Å²) in [6.07, 6.45) is 1.09. The van der Waals surface area contributed by atoms with Crippen LogP contribution in [0.1, 0.15) is 30.2 Å². The maximum Gasteiger partial charge on any atom is 0.162 e. The molecule has 0 unspecified atom stereocenters. The van der Waals surface area contributed by atoms with E-state index < -0.39 is 0 Å². The third-order valence-electron chi connectivity index (χ3n) is 3.03. The van der Waals surface area contributed by atoms with Crippen LogP contribution in [0.4, 0.5) is 5.82 Å². The predicted octanol–water partition coefficient (Wildman–Crippen LogP) is 3.89. The van der Waals surface area contributed by atoms with Crippen LogP contribution in [0.2, 0.25) is 0 Å². The number of nitrogens with one attached hydrogen (secondary N) is 1. The van der Waals surface area contributed by atoms with Crippen LogP contribution in [0.25, 0.3) is 11.4 Å². The van der Waals surface area contributed by atoms with Crippen molar-refractivity contribution in [3.63, 3.8) is 0 Å². The van der Waals surface area contributed by atoms with Crippen LogP contribution in [0.15, 0.2) is 24.3 Å². The first kappa shape index (κ1) is 13.5. The van der Waals surface area contributed by atoms with Crippen molar-refractivity contribution in [1.82, 2.24) is 9.97 Å². The summed E-state index contributed by atoms with van der Waals surface area (Å²) >= 11 is 0. The van der Waals surface area contributed by atoms with E-state index in [1.54, 1.807) is 0 Å². The van der Waals surface area contributed by atoms with Crippen molar-refractivity contribution in [3.8, 4) is 11.4 Å². The maximum atomic E-state index is 4.61. The minimum absolute atomic E-state index is 0.802. The Balaban J connectivity index is 2.41. The molecule has 0 spiro atoms. The lowest BCUT2D eigenvalue weighted by Gasteiger charge is -2.10. The molecule has 3 nitrogen and oxygen atoms in total. The zero-order chi connectivity index (χ0) is 13.8. The van der Waals surface area contributed by atoms with Crippen molar-refractivity contribution in [2.75, 3.05) is 11.9 Å². The van der Waals surface area contributed by atoms with E-state index in [0.29, 0.717) is 0 Å². The summed E-state index contributed by atoms with van der Waals surface area (Å²) in [5, 5.41) is 3.33. The minimum Gasteiger partial charge on any atom is -0.370 e. The number of hydrogen-bond acceptors (Lipinski definition) is 3. The van der Waals surface area contributed by atoms with Crippen LogP contribution >= 0.6 is 0 Å². The van der Waals surface area contributed by atoms with Crippen molar-refractivity contribution >= 4 is 5.82 Å². The second kappa shape index (κ2) is 5.83. The molecule has 1 heterocycles. The van der Waals surface area contributed by atoms with Gasteiger partial charge in [-0.25, -0.2) is 9.97 Å². The highest BCUT2D eigenvalue weighted by atomic mass is 15.0. The highest BCUT2D eigenvalue weighted by Gasteiger charge is 2.07. The summed E-state index contributed by atoms with van der Waals surface area (Å²) in [5.41, 5.74) is 4.57. The Kier molecular flexibility index (Phi) is 4.15. The third-order valence-corrected chi connectivity index (χ3v) is 3.03. The van der Waals surface area contributed by atoms with Gasteiger partial charge in [0.05, 0.1) is 0 Å². The van der Waals surface area contributed by atoms with Gasteiger partial charge in [0.2, 0.25) is 0 Å². The van der Waals surface area contributed by atoms with Gasteiger partial charge < -0.3 is 5.32 Å². The van der Waals surface area contributed by atoms with Gasteiger partial charge in [0.1, 0.15) is 5.82 Å². The Bertz CT molecular complexity index is 576. The number of benzene rings is 1. The number of hydrogen-bond donors (Lipinski definition) is 1. The predicted molar refractivity (Wildman–Crippen MR) is 80.5 cm³/mol. The SMILES string of the molecule is CCCNc1cc(C)nc(-c2ccc(C)cc2C)n1. The molecule has 2 aromatic rings. The van der Waals surface area contributed by atoms with Gasteiger partial charge in [0.25, 0.3) is 0 Å². The Morgan fingerprint density at radius 2 is 1.84 bits per heavy atom. The molecule has 1 N–H and O–H groups in total. The molecular weight excluding hydrogens is 234 g/mol. The normalized spacial score (nSPS) is 10.5. The number of nitrogens with zero attached hydrogens (tertiary/aromatic N) is 2. The molecule has 3 heteroatoms. The molecule has 0 aliphatic carbocycles. The summed E-state index contributed by atoms with van der Waals surface area (Å²) in [5.74, 6) is 1.71. The molecule has 0 amide bonds. The van der Waals surface area contributed by atoms with Gasteiger partial charge in [-0.1, -0.05) is 30.7 Å². The first-order valence-corrected chi connectivity index (χ1v) is 6.77. The Morgan fingerprint density at radius 3 is 2.53 bits per heavy atom. The fourth-order valence-corrected chi connectivity index (χ4v) is 2.10. The molecule has 0 saturated carbocycles. The fraction of sp³-hybridized carbons (Fsp3) is 0.375. The van der Waals surface area contributed by atoms with E-state index in [4.69, 9.17) is 0 Å². The second-order valence-electron chi connectivity index (χ2n) is 4.96. The van der Waals surface area contributed by atoms with Gasteiger partial charge >= 0.3 is 0 Å². The van der Waals surface area contributed by atoms with Crippen LogP contribution in [-0.4, -0.2) is 16.5 Å². The Morgan fingerprint density at radius 1 is 1.05 bits per heavy atom. The summed E-state index contributed by atoms with van der Waals surface area (Å²) in [6, 6.07) is 8.36. The maximum absolute atomic E-state index is 4.61. The van der Waals surface area contributed by atoms with E-state index in [1.165, 1.54) is 11.1 Å². The first-order valence-electron chi connectivity index (χ1n) is 6.77. The monoisotopic (exact) mass is 255 g/mol. The zero-order valence-electron chi connectivity index (χ0n) is 12.1. The van der Waals surface area contributed by atoms with E-state index in [0.717, 1.165) is 35.9 Å². The van der Waals surface area contributed by atoms with Crippen molar-refractivity contribution < 1.29 is 0 Å².